The van der Waals surface area contributed by atoms with Gasteiger partial charge in [-0.2, -0.15) is 0 Å². The van der Waals surface area contributed by atoms with E-state index in [0.29, 0.717) is 11.5 Å². The van der Waals surface area contributed by atoms with Gasteiger partial charge >= 0.3 is 0 Å². The second-order valence-electron chi connectivity index (χ2n) is 4.78. The van der Waals surface area contributed by atoms with Crippen LogP contribution in [0.2, 0.25) is 0 Å². The lowest BCUT2D eigenvalue weighted by Crippen LogP contribution is -2.42. The van der Waals surface area contributed by atoms with E-state index >= 15 is 0 Å². The fraction of sp³-hybridized carbons (Fsp3) is 0.846. The van der Waals surface area contributed by atoms with Crippen LogP contribution < -0.4 is 5.32 Å². The number of hydrogen-bond acceptors (Lipinski definition) is 1. The molecule has 1 fully saturated rings. The van der Waals surface area contributed by atoms with Gasteiger partial charge in [-0.05, 0) is 31.2 Å². The molecule has 1 heteroatoms. The highest BCUT2D eigenvalue weighted by Gasteiger charge is 2.35. The Balaban J connectivity index is 2.52. The Kier molecular flexibility index (Phi) is 4.48. The van der Waals surface area contributed by atoms with E-state index in [0.717, 1.165) is 13.0 Å². The van der Waals surface area contributed by atoms with Crippen LogP contribution in [0.25, 0.3) is 0 Å². The van der Waals surface area contributed by atoms with Crippen LogP contribution in [0.4, 0.5) is 0 Å². The quantitative estimate of drug-likeness (QED) is 0.662. The molecular weight excluding hydrogens is 170 g/mol. The normalized spacial score (nSPS) is 21.8. The highest BCUT2D eigenvalue weighted by atomic mass is 14.9. The van der Waals surface area contributed by atoms with Crippen molar-refractivity contribution in [1.82, 2.24) is 5.32 Å². The van der Waals surface area contributed by atoms with Crippen LogP contribution in [-0.2, 0) is 0 Å². The van der Waals surface area contributed by atoms with Gasteiger partial charge in [0.15, 0.2) is 0 Å². The summed E-state index contributed by atoms with van der Waals surface area (Å²) in [6, 6.07) is 0.537. The summed E-state index contributed by atoms with van der Waals surface area (Å²) in [5, 5.41) is 3.61. The maximum Gasteiger partial charge on any atom is 0.0246 e. The zero-order valence-electron chi connectivity index (χ0n) is 9.60. The van der Waals surface area contributed by atoms with Crippen LogP contribution in [0.5, 0.6) is 0 Å². The molecule has 1 aliphatic carbocycles. The summed E-state index contributed by atoms with van der Waals surface area (Å²) in [7, 11) is 0. The number of hydrogen-bond donors (Lipinski definition) is 1. The molecule has 1 saturated carbocycles. The lowest BCUT2D eigenvalue weighted by atomic mass is 9.79. The molecule has 1 unspecified atom stereocenters. The summed E-state index contributed by atoms with van der Waals surface area (Å²) in [4.78, 5) is 0. The summed E-state index contributed by atoms with van der Waals surface area (Å²) in [5.41, 5.74) is 0.460. The number of rotatable bonds is 5. The van der Waals surface area contributed by atoms with Crippen LogP contribution in [0, 0.1) is 17.8 Å². The molecule has 1 rings (SSSR count). The summed E-state index contributed by atoms with van der Waals surface area (Å²) in [6.07, 6.45) is 13.0. The number of terminal acetylenes is 1. The zero-order chi connectivity index (χ0) is 10.4. The van der Waals surface area contributed by atoms with Crippen molar-refractivity contribution in [3.8, 4) is 12.3 Å². The van der Waals surface area contributed by atoms with Crippen molar-refractivity contribution in [3.05, 3.63) is 0 Å². The molecule has 14 heavy (non-hydrogen) atoms. The van der Waals surface area contributed by atoms with Gasteiger partial charge in [0.2, 0.25) is 0 Å². The van der Waals surface area contributed by atoms with Gasteiger partial charge in [0.25, 0.3) is 0 Å². The van der Waals surface area contributed by atoms with Crippen molar-refractivity contribution in [2.45, 2.75) is 58.4 Å². The highest BCUT2D eigenvalue weighted by Crippen LogP contribution is 2.41. The van der Waals surface area contributed by atoms with E-state index in [1.807, 2.05) is 0 Å². The van der Waals surface area contributed by atoms with Crippen molar-refractivity contribution in [2.75, 3.05) is 6.54 Å². The first kappa shape index (κ1) is 11.6. The molecule has 0 aromatic heterocycles. The van der Waals surface area contributed by atoms with Crippen molar-refractivity contribution >= 4 is 0 Å². The molecule has 0 spiro atoms. The molecule has 0 saturated heterocycles. The molecule has 0 amide bonds. The van der Waals surface area contributed by atoms with Crippen LogP contribution >= 0.6 is 0 Å². The SMILES string of the molecule is C#CCC(NCCC)C1(C)CCCC1. The summed E-state index contributed by atoms with van der Waals surface area (Å²) in [6.45, 7) is 5.70. The second-order valence-corrected chi connectivity index (χ2v) is 4.78. The fourth-order valence-corrected chi connectivity index (χ4v) is 2.53. The predicted molar refractivity (Wildman–Crippen MR) is 62.1 cm³/mol. The van der Waals surface area contributed by atoms with Crippen LogP contribution in [0.1, 0.15) is 52.4 Å². The van der Waals surface area contributed by atoms with Gasteiger partial charge in [-0.3, -0.25) is 0 Å². The molecule has 0 aromatic carbocycles. The van der Waals surface area contributed by atoms with E-state index < -0.39 is 0 Å². The first-order valence-corrected chi connectivity index (χ1v) is 5.90. The Labute approximate surface area is 88.7 Å². The second kappa shape index (κ2) is 5.41. The minimum Gasteiger partial charge on any atom is -0.312 e. The van der Waals surface area contributed by atoms with E-state index in [4.69, 9.17) is 6.42 Å². The molecular formula is C13H23N. The molecule has 1 N–H and O–H groups in total. The Morgan fingerprint density at radius 1 is 1.43 bits per heavy atom. The zero-order valence-corrected chi connectivity index (χ0v) is 9.60. The van der Waals surface area contributed by atoms with Gasteiger partial charge in [-0.15, -0.1) is 12.3 Å². The van der Waals surface area contributed by atoms with Gasteiger partial charge in [0.05, 0.1) is 0 Å². The highest BCUT2D eigenvalue weighted by molar-refractivity contribution is 4.99. The van der Waals surface area contributed by atoms with E-state index in [1.165, 1.54) is 32.1 Å². The lowest BCUT2D eigenvalue weighted by molar-refractivity contribution is 0.224. The predicted octanol–water partition coefficient (Wildman–Crippen LogP) is 2.96. The molecule has 80 valence electrons. The molecule has 0 bridgehead atoms. The van der Waals surface area contributed by atoms with Crippen LogP contribution in [0.15, 0.2) is 0 Å². The Hall–Kier alpha value is -0.480. The minimum absolute atomic E-state index is 0.460. The molecule has 1 aliphatic rings. The smallest absolute Gasteiger partial charge is 0.0246 e. The third-order valence-electron chi connectivity index (χ3n) is 3.55. The average Bonchev–Trinajstić information content (AvgIpc) is 2.60. The third-order valence-corrected chi connectivity index (χ3v) is 3.55. The van der Waals surface area contributed by atoms with Crippen LogP contribution in [0.3, 0.4) is 0 Å². The summed E-state index contributed by atoms with van der Waals surface area (Å²) in [5.74, 6) is 2.82. The standard InChI is InChI=1S/C13H23N/c1-4-8-12(14-11-5-2)13(3)9-6-7-10-13/h1,12,14H,5-11H2,2-3H3. The molecule has 0 heterocycles. The topological polar surface area (TPSA) is 12.0 Å². The summed E-state index contributed by atoms with van der Waals surface area (Å²) < 4.78 is 0. The van der Waals surface area contributed by atoms with Crippen molar-refractivity contribution in [1.29, 1.82) is 0 Å². The van der Waals surface area contributed by atoms with Gasteiger partial charge < -0.3 is 5.32 Å². The van der Waals surface area contributed by atoms with Gasteiger partial charge in [0, 0.05) is 12.5 Å². The monoisotopic (exact) mass is 193 g/mol. The molecule has 0 radical (unpaired) electrons. The van der Waals surface area contributed by atoms with E-state index in [2.05, 4.69) is 25.1 Å². The Morgan fingerprint density at radius 3 is 2.57 bits per heavy atom. The molecule has 0 aliphatic heterocycles. The third kappa shape index (κ3) is 2.75. The fourth-order valence-electron chi connectivity index (χ4n) is 2.53. The Morgan fingerprint density at radius 2 is 2.07 bits per heavy atom. The largest absolute Gasteiger partial charge is 0.312 e. The lowest BCUT2D eigenvalue weighted by Gasteiger charge is -2.33. The van der Waals surface area contributed by atoms with Gasteiger partial charge in [0.1, 0.15) is 0 Å². The maximum absolute atomic E-state index is 5.44. The van der Waals surface area contributed by atoms with E-state index in [-0.39, 0.29) is 0 Å². The average molecular weight is 193 g/mol. The van der Waals surface area contributed by atoms with Crippen molar-refractivity contribution in [2.24, 2.45) is 5.41 Å². The number of nitrogens with one attached hydrogen (secondary N) is 1. The molecule has 0 aromatic rings. The van der Waals surface area contributed by atoms with E-state index in [1.54, 1.807) is 0 Å². The van der Waals surface area contributed by atoms with Crippen molar-refractivity contribution in [3.63, 3.8) is 0 Å². The van der Waals surface area contributed by atoms with Crippen LogP contribution in [-0.4, -0.2) is 12.6 Å². The first-order valence-electron chi connectivity index (χ1n) is 5.90. The van der Waals surface area contributed by atoms with Gasteiger partial charge in [-0.1, -0.05) is 26.7 Å². The maximum atomic E-state index is 5.44. The van der Waals surface area contributed by atoms with Gasteiger partial charge in [-0.25, -0.2) is 0 Å². The minimum atomic E-state index is 0.460. The summed E-state index contributed by atoms with van der Waals surface area (Å²) >= 11 is 0. The van der Waals surface area contributed by atoms with E-state index in [9.17, 15) is 0 Å². The first-order chi connectivity index (χ1) is 6.73. The Bertz CT molecular complexity index is 196. The molecule has 1 atom stereocenters. The molecule has 1 nitrogen and oxygen atoms in total. The van der Waals surface area contributed by atoms with Crippen molar-refractivity contribution < 1.29 is 0 Å².